The SMILES string of the molecule is CSCC[C@H](NC(=O)OC(C)(C)C)C(=O)C(C)C. The number of ketones is 1. The van der Waals surface area contributed by atoms with Gasteiger partial charge in [0.1, 0.15) is 5.60 Å². The monoisotopic (exact) mass is 275 g/mol. The fourth-order valence-electron chi connectivity index (χ4n) is 1.37. The van der Waals surface area contributed by atoms with Gasteiger partial charge in [0.15, 0.2) is 5.78 Å². The fourth-order valence-corrected chi connectivity index (χ4v) is 1.84. The smallest absolute Gasteiger partial charge is 0.408 e. The third kappa shape index (κ3) is 7.58. The molecule has 0 heterocycles. The first-order valence-corrected chi connectivity index (χ1v) is 7.59. The van der Waals surface area contributed by atoms with E-state index in [1.165, 1.54) is 0 Å². The molecule has 0 spiro atoms. The van der Waals surface area contributed by atoms with Crippen molar-refractivity contribution in [3.63, 3.8) is 0 Å². The summed E-state index contributed by atoms with van der Waals surface area (Å²) in [7, 11) is 0. The van der Waals surface area contributed by atoms with Crippen LogP contribution in [0.3, 0.4) is 0 Å². The highest BCUT2D eigenvalue weighted by molar-refractivity contribution is 7.98. The van der Waals surface area contributed by atoms with Crippen molar-refractivity contribution in [3.05, 3.63) is 0 Å². The molecule has 0 aromatic carbocycles. The molecule has 0 aromatic heterocycles. The molecule has 0 aliphatic heterocycles. The molecule has 0 radical (unpaired) electrons. The molecular weight excluding hydrogens is 250 g/mol. The zero-order chi connectivity index (χ0) is 14.3. The largest absolute Gasteiger partial charge is 0.444 e. The molecule has 106 valence electrons. The van der Waals surface area contributed by atoms with Crippen LogP contribution in [0.4, 0.5) is 4.79 Å². The zero-order valence-electron chi connectivity index (χ0n) is 12.2. The van der Waals surface area contributed by atoms with Crippen LogP contribution in [0.15, 0.2) is 0 Å². The van der Waals surface area contributed by atoms with E-state index < -0.39 is 17.7 Å². The van der Waals surface area contributed by atoms with E-state index in [0.29, 0.717) is 6.42 Å². The Morgan fingerprint density at radius 2 is 1.83 bits per heavy atom. The summed E-state index contributed by atoms with van der Waals surface area (Å²) in [6.45, 7) is 9.08. The lowest BCUT2D eigenvalue weighted by Gasteiger charge is -2.23. The van der Waals surface area contributed by atoms with Crippen LogP contribution >= 0.6 is 11.8 Å². The van der Waals surface area contributed by atoms with E-state index >= 15 is 0 Å². The van der Waals surface area contributed by atoms with E-state index in [4.69, 9.17) is 4.74 Å². The van der Waals surface area contributed by atoms with Crippen LogP contribution in [-0.2, 0) is 9.53 Å². The molecule has 1 amide bonds. The van der Waals surface area contributed by atoms with E-state index in [-0.39, 0.29) is 11.7 Å². The first-order valence-electron chi connectivity index (χ1n) is 6.19. The number of ether oxygens (including phenoxy) is 1. The molecule has 0 saturated heterocycles. The molecule has 1 atom stereocenters. The predicted molar refractivity (Wildman–Crippen MR) is 76.0 cm³/mol. The minimum Gasteiger partial charge on any atom is -0.444 e. The topological polar surface area (TPSA) is 55.4 Å². The van der Waals surface area contributed by atoms with Gasteiger partial charge in [-0.3, -0.25) is 4.79 Å². The Hall–Kier alpha value is -0.710. The summed E-state index contributed by atoms with van der Waals surface area (Å²) in [5.41, 5.74) is -0.547. The van der Waals surface area contributed by atoms with Gasteiger partial charge in [-0.05, 0) is 39.2 Å². The highest BCUT2D eigenvalue weighted by atomic mass is 32.2. The molecule has 18 heavy (non-hydrogen) atoms. The second-order valence-corrected chi connectivity index (χ2v) is 6.52. The second kappa shape index (κ2) is 7.67. The van der Waals surface area contributed by atoms with Crippen molar-refractivity contribution in [1.29, 1.82) is 0 Å². The van der Waals surface area contributed by atoms with E-state index in [9.17, 15) is 9.59 Å². The number of rotatable bonds is 6. The van der Waals surface area contributed by atoms with E-state index in [1.54, 1.807) is 32.5 Å². The van der Waals surface area contributed by atoms with Crippen molar-refractivity contribution in [2.75, 3.05) is 12.0 Å². The van der Waals surface area contributed by atoms with E-state index in [2.05, 4.69) is 5.32 Å². The molecule has 0 unspecified atom stereocenters. The van der Waals surface area contributed by atoms with Gasteiger partial charge in [0.05, 0.1) is 6.04 Å². The Balaban J connectivity index is 4.49. The molecule has 1 N–H and O–H groups in total. The highest BCUT2D eigenvalue weighted by Crippen LogP contribution is 2.10. The Bertz CT molecular complexity index is 284. The number of Topliss-reactive ketones (excluding diaryl/α,β-unsaturated/α-hetero) is 1. The van der Waals surface area contributed by atoms with Gasteiger partial charge < -0.3 is 10.1 Å². The Morgan fingerprint density at radius 3 is 2.22 bits per heavy atom. The minimum atomic E-state index is -0.547. The van der Waals surface area contributed by atoms with Gasteiger partial charge in [-0.2, -0.15) is 11.8 Å². The van der Waals surface area contributed by atoms with Crippen LogP contribution in [-0.4, -0.2) is 35.5 Å². The normalized spacial score (nSPS) is 13.3. The van der Waals surface area contributed by atoms with Crippen molar-refractivity contribution in [2.45, 2.75) is 52.7 Å². The van der Waals surface area contributed by atoms with Crippen molar-refractivity contribution in [1.82, 2.24) is 5.32 Å². The average Bonchev–Trinajstić information content (AvgIpc) is 2.20. The summed E-state index contributed by atoms with van der Waals surface area (Å²) >= 11 is 1.65. The first-order chi connectivity index (χ1) is 8.17. The molecule has 0 bridgehead atoms. The van der Waals surface area contributed by atoms with Gasteiger partial charge >= 0.3 is 6.09 Å². The quantitative estimate of drug-likeness (QED) is 0.810. The molecule has 0 rings (SSSR count). The number of amides is 1. The molecule has 5 heteroatoms. The predicted octanol–water partition coefficient (Wildman–Crippen LogP) is 2.86. The van der Waals surface area contributed by atoms with Crippen LogP contribution in [0.25, 0.3) is 0 Å². The lowest BCUT2D eigenvalue weighted by atomic mass is 10.00. The lowest BCUT2D eigenvalue weighted by molar-refractivity contribution is -0.124. The zero-order valence-corrected chi connectivity index (χ0v) is 13.0. The number of thioether (sulfide) groups is 1. The summed E-state index contributed by atoms with van der Waals surface area (Å²) < 4.78 is 5.17. The lowest BCUT2D eigenvalue weighted by Crippen LogP contribution is -2.45. The van der Waals surface area contributed by atoms with Crippen molar-refractivity contribution in [2.24, 2.45) is 5.92 Å². The van der Waals surface area contributed by atoms with Gasteiger partial charge in [0.2, 0.25) is 0 Å². The molecular formula is C13H25NO3S. The second-order valence-electron chi connectivity index (χ2n) is 5.54. The molecule has 0 saturated carbocycles. The van der Waals surface area contributed by atoms with Gasteiger partial charge in [-0.25, -0.2) is 4.79 Å². The Morgan fingerprint density at radius 1 is 1.28 bits per heavy atom. The summed E-state index contributed by atoms with van der Waals surface area (Å²) in [6.07, 6.45) is 2.09. The van der Waals surface area contributed by atoms with Crippen LogP contribution in [0.2, 0.25) is 0 Å². The van der Waals surface area contributed by atoms with Crippen LogP contribution < -0.4 is 5.32 Å². The molecule has 0 aliphatic carbocycles. The van der Waals surface area contributed by atoms with Crippen LogP contribution in [0.1, 0.15) is 41.0 Å². The number of nitrogens with one attached hydrogen (secondary N) is 1. The molecule has 4 nitrogen and oxygen atoms in total. The standard InChI is InChI=1S/C13H25NO3S/c1-9(2)11(15)10(7-8-18-6)14-12(16)17-13(3,4)5/h9-10H,7-8H2,1-6H3,(H,14,16)/t10-/m0/s1. The highest BCUT2D eigenvalue weighted by Gasteiger charge is 2.25. The summed E-state index contributed by atoms with van der Waals surface area (Å²) in [6, 6.07) is -0.452. The van der Waals surface area contributed by atoms with Gasteiger partial charge in [0.25, 0.3) is 0 Å². The maximum Gasteiger partial charge on any atom is 0.408 e. The summed E-state index contributed by atoms with van der Waals surface area (Å²) in [4.78, 5) is 23.6. The number of hydrogen-bond acceptors (Lipinski definition) is 4. The van der Waals surface area contributed by atoms with Crippen molar-refractivity contribution >= 4 is 23.6 Å². The van der Waals surface area contributed by atoms with E-state index in [0.717, 1.165) is 5.75 Å². The number of alkyl carbamates (subject to hydrolysis) is 1. The van der Waals surface area contributed by atoms with Gasteiger partial charge in [-0.1, -0.05) is 13.8 Å². The number of carbonyl (C=O) groups excluding carboxylic acids is 2. The number of carbonyl (C=O) groups is 2. The van der Waals surface area contributed by atoms with Crippen LogP contribution in [0.5, 0.6) is 0 Å². The van der Waals surface area contributed by atoms with Crippen molar-refractivity contribution < 1.29 is 14.3 Å². The first kappa shape index (κ1) is 17.3. The third-order valence-electron chi connectivity index (χ3n) is 2.21. The third-order valence-corrected chi connectivity index (χ3v) is 2.86. The summed E-state index contributed by atoms with van der Waals surface area (Å²) in [5.74, 6) is 0.792. The maximum absolute atomic E-state index is 12.0. The fraction of sp³-hybridized carbons (Fsp3) is 0.846. The van der Waals surface area contributed by atoms with Gasteiger partial charge in [-0.15, -0.1) is 0 Å². The minimum absolute atomic E-state index is 0.0508. The summed E-state index contributed by atoms with van der Waals surface area (Å²) in [5, 5.41) is 2.67. The van der Waals surface area contributed by atoms with Crippen molar-refractivity contribution in [3.8, 4) is 0 Å². The number of hydrogen-bond donors (Lipinski definition) is 1. The van der Waals surface area contributed by atoms with Crippen LogP contribution in [0, 0.1) is 5.92 Å². The average molecular weight is 275 g/mol. The maximum atomic E-state index is 12.0. The molecule has 0 fully saturated rings. The Labute approximate surface area is 114 Å². The van der Waals surface area contributed by atoms with Gasteiger partial charge in [0, 0.05) is 5.92 Å². The molecule has 0 aliphatic rings. The Kier molecular flexibility index (Phi) is 7.36. The van der Waals surface area contributed by atoms with E-state index in [1.807, 2.05) is 20.1 Å². The molecule has 0 aromatic rings.